The Morgan fingerprint density at radius 2 is 2.12 bits per heavy atom. The number of nitrogens with one attached hydrogen (secondary N) is 2. The highest BCUT2D eigenvalue weighted by Crippen LogP contribution is 2.22. The molecule has 0 spiro atoms. The summed E-state index contributed by atoms with van der Waals surface area (Å²) in [6, 6.07) is 10.2. The standard InChI is InChI=1S/C17H18FN5O2/c1-19-17(24)10-25-12-4-5-14(13(18)8-12)20-9-11-3-6-16-15(7-11)21-22-23(16)2/h3-8,20H,9-10H2,1-2H3,(H,19,24). The first-order chi connectivity index (χ1) is 12.1. The number of amides is 1. The third-order valence-corrected chi connectivity index (χ3v) is 3.75. The number of aryl methyl sites for hydroxylation is 1. The number of fused-ring (bicyclic) bond motifs is 1. The summed E-state index contributed by atoms with van der Waals surface area (Å²) in [5.74, 6) is -0.426. The highest BCUT2D eigenvalue weighted by atomic mass is 19.1. The van der Waals surface area contributed by atoms with E-state index in [4.69, 9.17) is 4.74 Å². The van der Waals surface area contributed by atoms with Crippen molar-refractivity contribution in [3.63, 3.8) is 0 Å². The van der Waals surface area contributed by atoms with Crippen molar-refractivity contribution >= 4 is 22.6 Å². The Balaban J connectivity index is 1.64. The molecular formula is C17H18FN5O2. The average molecular weight is 343 g/mol. The number of hydrogen-bond acceptors (Lipinski definition) is 5. The van der Waals surface area contributed by atoms with Crippen LogP contribution < -0.4 is 15.4 Å². The number of ether oxygens (including phenoxy) is 1. The Morgan fingerprint density at radius 1 is 1.28 bits per heavy atom. The van der Waals surface area contributed by atoms with Gasteiger partial charge in [0.15, 0.2) is 6.61 Å². The summed E-state index contributed by atoms with van der Waals surface area (Å²) < 4.78 is 21.1. The van der Waals surface area contributed by atoms with Crippen LogP contribution in [0.25, 0.3) is 11.0 Å². The van der Waals surface area contributed by atoms with Gasteiger partial charge in [-0.3, -0.25) is 4.79 Å². The molecule has 0 aliphatic carbocycles. The molecule has 2 aromatic carbocycles. The fraction of sp³-hybridized carbons (Fsp3) is 0.235. The summed E-state index contributed by atoms with van der Waals surface area (Å²) in [5.41, 5.74) is 3.05. The summed E-state index contributed by atoms with van der Waals surface area (Å²) in [7, 11) is 3.34. The molecular weight excluding hydrogens is 325 g/mol. The van der Waals surface area contributed by atoms with Crippen LogP contribution in [0.15, 0.2) is 36.4 Å². The average Bonchev–Trinajstić information content (AvgIpc) is 2.99. The molecule has 1 aromatic heterocycles. The zero-order chi connectivity index (χ0) is 17.8. The monoisotopic (exact) mass is 343 g/mol. The van der Waals surface area contributed by atoms with Gasteiger partial charge < -0.3 is 15.4 Å². The molecule has 1 amide bonds. The van der Waals surface area contributed by atoms with Crippen LogP contribution in [0.3, 0.4) is 0 Å². The largest absolute Gasteiger partial charge is 0.484 e. The van der Waals surface area contributed by atoms with Crippen LogP contribution in [-0.4, -0.2) is 34.6 Å². The molecule has 0 atom stereocenters. The van der Waals surface area contributed by atoms with E-state index in [0.717, 1.165) is 16.6 Å². The van der Waals surface area contributed by atoms with Crippen molar-refractivity contribution in [1.82, 2.24) is 20.3 Å². The molecule has 0 radical (unpaired) electrons. The summed E-state index contributed by atoms with van der Waals surface area (Å²) >= 11 is 0. The molecule has 7 nitrogen and oxygen atoms in total. The van der Waals surface area contributed by atoms with E-state index in [1.54, 1.807) is 16.8 Å². The van der Waals surface area contributed by atoms with Crippen molar-refractivity contribution in [1.29, 1.82) is 0 Å². The number of rotatable bonds is 6. The maximum absolute atomic E-state index is 14.1. The number of benzene rings is 2. The number of halogens is 1. The van der Waals surface area contributed by atoms with E-state index in [2.05, 4.69) is 20.9 Å². The minimum atomic E-state index is -0.449. The lowest BCUT2D eigenvalue weighted by atomic mass is 10.2. The predicted molar refractivity (Wildman–Crippen MR) is 91.8 cm³/mol. The van der Waals surface area contributed by atoms with Gasteiger partial charge in [0.1, 0.15) is 17.1 Å². The number of aromatic nitrogens is 3. The molecule has 3 rings (SSSR count). The van der Waals surface area contributed by atoms with Crippen LogP contribution >= 0.6 is 0 Å². The van der Waals surface area contributed by atoms with Gasteiger partial charge in [-0.1, -0.05) is 11.3 Å². The number of carbonyl (C=O) groups is 1. The van der Waals surface area contributed by atoms with Gasteiger partial charge >= 0.3 is 0 Å². The van der Waals surface area contributed by atoms with Crippen LogP contribution in [0.2, 0.25) is 0 Å². The van der Waals surface area contributed by atoms with Gasteiger partial charge in [0.05, 0.1) is 11.2 Å². The molecule has 8 heteroatoms. The van der Waals surface area contributed by atoms with Crippen LogP contribution in [0.5, 0.6) is 5.75 Å². The van der Waals surface area contributed by atoms with Gasteiger partial charge in [-0.2, -0.15) is 0 Å². The van der Waals surface area contributed by atoms with Crippen molar-refractivity contribution in [3.8, 4) is 5.75 Å². The maximum atomic E-state index is 14.1. The van der Waals surface area contributed by atoms with Crippen molar-refractivity contribution in [2.75, 3.05) is 19.0 Å². The summed E-state index contributed by atoms with van der Waals surface area (Å²) in [6.07, 6.45) is 0. The number of anilines is 1. The van der Waals surface area contributed by atoms with E-state index in [0.29, 0.717) is 18.0 Å². The van der Waals surface area contributed by atoms with Gasteiger partial charge in [-0.25, -0.2) is 9.07 Å². The smallest absolute Gasteiger partial charge is 0.257 e. The summed E-state index contributed by atoms with van der Waals surface area (Å²) in [4.78, 5) is 11.1. The van der Waals surface area contributed by atoms with Crippen molar-refractivity contribution in [2.24, 2.45) is 7.05 Å². The molecule has 3 aromatic rings. The van der Waals surface area contributed by atoms with Gasteiger partial charge in [0.2, 0.25) is 0 Å². The van der Waals surface area contributed by atoms with Crippen LogP contribution in [0, 0.1) is 5.82 Å². The SMILES string of the molecule is CNC(=O)COc1ccc(NCc2ccc3c(c2)nnn3C)c(F)c1. The zero-order valence-electron chi connectivity index (χ0n) is 13.9. The van der Waals surface area contributed by atoms with Gasteiger partial charge in [0, 0.05) is 26.7 Å². The van der Waals surface area contributed by atoms with Crippen LogP contribution in [-0.2, 0) is 18.4 Å². The normalized spacial score (nSPS) is 10.7. The minimum Gasteiger partial charge on any atom is -0.484 e. The minimum absolute atomic E-state index is 0.152. The Labute approximate surface area is 143 Å². The molecule has 0 saturated heterocycles. The molecule has 0 bridgehead atoms. The number of carbonyl (C=O) groups excluding carboxylic acids is 1. The van der Waals surface area contributed by atoms with E-state index in [1.807, 2.05) is 25.2 Å². The number of likely N-dealkylation sites (N-methyl/N-ethyl adjacent to an activating group) is 1. The lowest BCUT2D eigenvalue weighted by Gasteiger charge is -2.10. The molecule has 0 fully saturated rings. The molecule has 2 N–H and O–H groups in total. The Hall–Kier alpha value is -3.16. The molecule has 0 aliphatic heterocycles. The van der Waals surface area contributed by atoms with E-state index in [9.17, 15) is 9.18 Å². The summed E-state index contributed by atoms with van der Waals surface area (Å²) in [5, 5.41) is 13.5. The number of hydrogen-bond donors (Lipinski definition) is 2. The first-order valence-electron chi connectivity index (χ1n) is 7.72. The third kappa shape index (κ3) is 3.85. The topological polar surface area (TPSA) is 81.1 Å². The predicted octanol–water partition coefficient (Wildman–Crippen LogP) is 1.84. The first-order valence-corrected chi connectivity index (χ1v) is 7.72. The summed E-state index contributed by atoms with van der Waals surface area (Å²) in [6.45, 7) is 0.294. The lowest BCUT2D eigenvalue weighted by Crippen LogP contribution is -2.24. The quantitative estimate of drug-likeness (QED) is 0.714. The Kier molecular flexibility index (Phi) is 4.78. The molecule has 0 unspecified atom stereocenters. The van der Waals surface area contributed by atoms with Gasteiger partial charge in [0.25, 0.3) is 5.91 Å². The lowest BCUT2D eigenvalue weighted by molar-refractivity contribution is -0.122. The second-order valence-electron chi connectivity index (χ2n) is 5.49. The Morgan fingerprint density at radius 3 is 2.88 bits per heavy atom. The third-order valence-electron chi connectivity index (χ3n) is 3.75. The maximum Gasteiger partial charge on any atom is 0.257 e. The Bertz CT molecular complexity index is 909. The molecule has 25 heavy (non-hydrogen) atoms. The molecule has 0 aliphatic rings. The molecule has 130 valence electrons. The second kappa shape index (κ2) is 7.16. The van der Waals surface area contributed by atoms with Gasteiger partial charge in [-0.05, 0) is 29.8 Å². The van der Waals surface area contributed by atoms with E-state index in [-0.39, 0.29) is 12.5 Å². The van der Waals surface area contributed by atoms with Crippen molar-refractivity contribution in [3.05, 3.63) is 47.8 Å². The van der Waals surface area contributed by atoms with E-state index >= 15 is 0 Å². The number of nitrogens with zero attached hydrogens (tertiary/aromatic N) is 3. The fourth-order valence-corrected chi connectivity index (χ4v) is 2.34. The second-order valence-corrected chi connectivity index (χ2v) is 5.49. The highest BCUT2D eigenvalue weighted by molar-refractivity contribution is 5.77. The zero-order valence-corrected chi connectivity index (χ0v) is 13.9. The molecule has 1 heterocycles. The van der Waals surface area contributed by atoms with Crippen LogP contribution in [0.1, 0.15) is 5.56 Å². The van der Waals surface area contributed by atoms with Crippen LogP contribution in [0.4, 0.5) is 10.1 Å². The highest BCUT2D eigenvalue weighted by Gasteiger charge is 2.07. The fourth-order valence-electron chi connectivity index (χ4n) is 2.34. The first kappa shape index (κ1) is 16.7. The van der Waals surface area contributed by atoms with E-state index in [1.165, 1.54) is 13.1 Å². The van der Waals surface area contributed by atoms with Crippen molar-refractivity contribution < 1.29 is 13.9 Å². The van der Waals surface area contributed by atoms with Gasteiger partial charge in [-0.15, -0.1) is 5.10 Å². The van der Waals surface area contributed by atoms with Crippen molar-refractivity contribution in [2.45, 2.75) is 6.54 Å². The van der Waals surface area contributed by atoms with E-state index < -0.39 is 5.82 Å². The molecule has 0 saturated carbocycles.